The number of rotatable bonds is 4. The number of nitrogen functional groups attached to an aromatic ring is 1. The van der Waals surface area contributed by atoms with Gasteiger partial charge in [0.25, 0.3) is 0 Å². The van der Waals surface area contributed by atoms with Crippen LogP contribution in [0.4, 0.5) is 5.95 Å². The van der Waals surface area contributed by atoms with Crippen LogP contribution in [-0.4, -0.2) is 41.5 Å². The van der Waals surface area contributed by atoms with Crippen LogP contribution in [0.15, 0.2) is 40.6 Å². The van der Waals surface area contributed by atoms with Crippen molar-refractivity contribution >= 4 is 29.5 Å². The molecule has 1 aliphatic rings. The minimum absolute atomic E-state index is 0.315. The van der Waals surface area contributed by atoms with Gasteiger partial charge in [0, 0.05) is 17.1 Å². The van der Waals surface area contributed by atoms with Crippen LogP contribution in [0, 0.1) is 0 Å². The Labute approximate surface area is 135 Å². The molecule has 3 heterocycles. The van der Waals surface area contributed by atoms with Crippen molar-refractivity contribution in [2.75, 3.05) is 17.2 Å². The van der Waals surface area contributed by atoms with Gasteiger partial charge in [-0.3, -0.25) is 4.57 Å². The van der Waals surface area contributed by atoms with E-state index in [0.29, 0.717) is 17.1 Å². The molecule has 0 radical (unpaired) electrons. The number of thioether (sulfide) groups is 2. The smallest absolute Gasteiger partial charge is 0.216 e. The van der Waals surface area contributed by atoms with Crippen LogP contribution in [0.25, 0.3) is 11.4 Å². The van der Waals surface area contributed by atoms with Gasteiger partial charge in [-0.15, -0.1) is 15.3 Å². The van der Waals surface area contributed by atoms with Crippen molar-refractivity contribution in [3.63, 3.8) is 0 Å². The second-order valence-electron chi connectivity index (χ2n) is 4.82. The number of nitrogens with one attached hydrogen (secondary N) is 1. The molecule has 3 aromatic rings. The van der Waals surface area contributed by atoms with Crippen LogP contribution in [-0.2, 0) is 0 Å². The molecule has 3 N–H and O–H groups in total. The molecule has 1 aromatic carbocycles. The minimum atomic E-state index is 0.315. The fourth-order valence-electron chi connectivity index (χ4n) is 2.35. The molecule has 2 aromatic heterocycles. The maximum absolute atomic E-state index is 5.55. The summed E-state index contributed by atoms with van der Waals surface area (Å²) in [5, 5.41) is 17.0. The average molecular weight is 331 g/mol. The number of fused-ring (bicyclic) bond motifs is 1. The Morgan fingerprint density at radius 3 is 2.95 bits per heavy atom. The Morgan fingerprint density at radius 1 is 1.32 bits per heavy atom. The van der Waals surface area contributed by atoms with Gasteiger partial charge in [-0.2, -0.15) is 4.98 Å². The van der Waals surface area contributed by atoms with E-state index in [1.54, 1.807) is 23.5 Å². The van der Waals surface area contributed by atoms with Crippen molar-refractivity contribution in [2.45, 2.75) is 16.4 Å². The topological polar surface area (TPSA) is 98.3 Å². The van der Waals surface area contributed by atoms with Crippen molar-refractivity contribution in [2.24, 2.45) is 0 Å². The molecule has 0 aliphatic carbocycles. The molecule has 4 rings (SSSR count). The highest BCUT2D eigenvalue weighted by atomic mass is 32.2. The summed E-state index contributed by atoms with van der Waals surface area (Å²) in [4.78, 5) is 4.12. The second kappa shape index (κ2) is 5.65. The molecule has 9 heteroatoms. The van der Waals surface area contributed by atoms with Crippen molar-refractivity contribution < 1.29 is 0 Å². The van der Waals surface area contributed by atoms with E-state index in [2.05, 4.69) is 42.1 Å². The fourth-order valence-corrected chi connectivity index (χ4v) is 4.46. The van der Waals surface area contributed by atoms with Gasteiger partial charge in [0.2, 0.25) is 11.1 Å². The molecular weight excluding hydrogens is 318 g/mol. The number of H-pyrrole nitrogens is 1. The van der Waals surface area contributed by atoms with Crippen molar-refractivity contribution in [1.29, 1.82) is 0 Å². The molecule has 7 nitrogen and oxygen atoms in total. The van der Waals surface area contributed by atoms with Crippen LogP contribution < -0.4 is 5.73 Å². The standard InChI is InChI=1S/C13H13N7S2/c14-11-15-12(18-17-11)21-6-9-7-22-13-19-16-10(20(9)13)8-4-2-1-3-5-8/h1-5,9H,6-7H2,(H3,14,15,17,18). The molecule has 0 saturated carbocycles. The molecule has 1 aliphatic heterocycles. The Balaban J connectivity index is 1.58. The minimum Gasteiger partial charge on any atom is -0.368 e. The fraction of sp³-hybridized carbons (Fsp3) is 0.231. The molecule has 0 fully saturated rings. The molecule has 1 atom stereocenters. The molecule has 0 saturated heterocycles. The summed E-state index contributed by atoms with van der Waals surface area (Å²) in [6.07, 6.45) is 0. The van der Waals surface area contributed by atoms with E-state index in [-0.39, 0.29) is 0 Å². The van der Waals surface area contributed by atoms with Gasteiger partial charge in [-0.1, -0.05) is 53.9 Å². The van der Waals surface area contributed by atoms with E-state index in [1.807, 2.05) is 18.2 Å². The Bertz CT molecular complexity index is 783. The summed E-state index contributed by atoms with van der Waals surface area (Å²) in [6.45, 7) is 0. The van der Waals surface area contributed by atoms with Crippen LogP contribution in [0.1, 0.15) is 6.04 Å². The number of hydrogen-bond donors (Lipinski definition) is 2. The number of aromatic nitrogens is 6. The van der Waals surface area contributed by atoms with Gasteiger partial charge in [0.05, 0.1) is 6.04 Å². The summed E-state index contributed by atoms with van der Waals surface area (Å²) in [5.74, 6) is 3.10. The lowest BCUT2D eigenvalue weighted by molar-refractivity contribution is 0.596. The third-order valence-electron chi connectivity index (χ3n) is 3.35. The second-order valence-corrected chi connectivity index (χ2v) is 6.80. The first-order chi connectivity index (χ1) is 10.8. The molecule has 0 spiro atoms. The molecule has 22 heavy (non-hydrogen) atoms. The molecule has 112 valence electrons. The van der Waals surface area contributed by atoms with Gasteiger partial charge in [-0.05, 0) is 0 Å². The predicted octanol–water partition coefficient (Wildman–Crippen LogP) is 2.08. The van der Waals surface area contributed by atoms with Gasteiger partial charge in [0.1, 0.15) is 0 Å². The van der Waals surface area contributed by atoms with Crippen LogP contribution >= 0.6 is 23.5 Å². The lowest BCUT2D eigenvalue weighted by Crippen LogP contribution is -2.11. The highest BCUT2D eigenvalue weighted by molar-refractivity contribution is 8.00. The first-order valence-corrected chi connectivity index (χ1v) is 8.72. The molecule has 1 unspecified atom stereocenters. The molecule has 0 amide bonds. The van der Waals surface area contributed by atoms with E-state index in [4.69, 9.17) is 5.73 Å². The SMILES string of the molecule is Nc1nc(SCC2CSc3nnc(-c4ccccc4)n32)n[nH]1. The van der Waals surface area contributed by atoms with Crippen molar-refractivity contribution in [3.8, 4) is 11.4 Å². The summed E-state index contributed by atoms with van der Waals surface area (Å²) >= 11 is 3.32. The van der Waals surface area contributed by atoms with E-state index in [1.165, 1.54) is 0 Å². The first-order valence-electron chi connectivity index (χ1n) is 6.75. The quantitative estimate of drug-likeness (QED) is 0.706. The average Bonchev–Trinajstić information content (AvgIpc) is 3.23. The van der Waals surface area contributed by atoms with E-state index < -0.39 is 0 Å². The number of aromatic amines is 1. The summed E-state index contributed by atoms with van der Waals surface area (Å²) in [5.41, 5.74) is 6.63. The predicted molar refractivity (Wildman–Crippen MR) is 86.7 cm³/mol. The van der Waals surface area contributed by atoms with Crippen LogP contribution in [0.3, 0.4) is 0 Å². The summed E-state index contributed by atoms with van der Waals surface area (Å²) in [7, 11) is 0. The Kier molecular flexibility index (Phi) is 3.51. The molecular formula is C13H13N7S2. The maximum Gasteiger partial charge on any atom is 0.216 e. The van der Waals surface area contributed by atoms with E-state index >= 15 is 0 Å². The van der Waals surface area contributed by atoms with Gasteiger partial charge < -0.3 is 5.73 Å². The van der Waals surface area contributed by atoms with E-state index in [0.717, 1.165) is 28.0 Å². The third kappa shape index (κ3) is 2.46. The van der Waals surface area contributed by atoms with Crippen LogP contribution in [0.2, 0.25) is 0 Å². The number of nitrogens with zero attached hydrogens (tertiary/aromatic N) is 5. The number of hydrogen-bond acceptors (Lipinski definition) is 7. The zero-order chi connectivity index (χ0) is 14.9. The number of anilines is 1. The lowest BCUT2D eigenvalue weighted by Gasteiger charge is -2.13. The van der Waals surface area contributed by atoms with Gasteiger partial charge in [-0.25, -0.2) is 5.10 Å². The van der Waals surface area contributed by atoms with Crippen molar-refractivity contribution in [1.82, 2.24) is 29.9 Å². The number of nitrogens with two attached hydrogens (primary N) is 1. The largest absolute Gasteiger partial charge is 0.368 e. The van der Waals surface area contributed by atoms with Gasteiger partial charge in [0.15, 0.2) is 11.0 Å². The van der Waals surface area contributed by atoms with Gasteiger partial charge >= 0.3 is 0 Å². The Hall–Kier alpha value is -2.00. The lowest BCUT2D eigenvalue weighted by atomic mass is 10.2. The summed E-state index contributed by atoms with van der Waals surface area (Å²) in [6, 6.07) is 10.5. The monoisotopic (exact) mass is 331 g/mol. The summed E-state index contributed by atoms with van der Waals surface area (Å²) < 4.78 is 2.21. The first kappa shape index (κ1) is 13.6. The molecule has 0 bridgehead atoms. The normalized spacial score (nSPS) is 16.8. The van der Waals surface area contributed by atoms with Crippen molar-refractivity contribution in [3.05, 3.63) is 30.3 Å². The zero-order valence-corrected chi connectivity index (χ0v) is 13.1. The third-order valence-corrected chi connectivity index (χ3v) is 5.43. The number of benzene rings is 1. The highest BCUT2D eigenvalue weighted by Crippen LogP contribution is 2.38. The van der Waals surface area contributed by atoms with Crippen LogP contribution in [0.5, 0.6) is 0 Å². The van der Waals surface area contributed by atoms with E-state index in [9.17, 15) is 0 Å². The highest BCUT2D eigenvalue weighted by Gasteiger charge is 2.28. The zero-order valence-electron chi connectivity index (χ0n) is 11.5. The Morgan fingerprint density at radius 2 is 2.18 bits per heavy atom. The maximum atomic E-state index is 5.55.